The molecule has 8 atom stereocenters. The average Bonchev–Trinajstić information content (AvgIpc) is 3.43. The van der Waals surface area contributed by atoms with E-state index in [1.807, 2.05) is 18.2 Å². The highest BCUT2D eigenvalue weighted by Crippen LogP contribution is 2.26. The summed E-state index contributed by atoms with van der Waals surface area (Å²) in [5.41, 5.74) is 0. The van der Waals surface area contributed by atoms with Gasteiger partial charge in [0.1, 0.15) is 24.4 Å². The van der Waals surface area contributed by atoms with Gasteiger partial charge in [-0.05, 0) is 109 Å². The zero-order chi connectivity index (χ0) is 56.1. The van der Waals surface area contributed by atoms with E-state index in [-0.39, 0.29) is 19.4 Å². The lowest BCUT2D eigenvalue weighted by atomic mass is 9.99. The molecule has 0 aromatic rings. The number of aliphatic hydroxyl groups is 5. The van der Waals surface area contributed by atoms with E-state index in [0.717, 1.165) is 116 Å². The second-order valence-corrected chi connectivity index (χ2v) is 20.0. The van der Waals surface area contributed by atoms with E-state index in [0.29, 0.717) is 19.3 Å². The number of aliphatic hydroxyl groups excluding tert-OH is 5. The SMILES string of the molecule is CC/C=C\C/C=C\C/C=C\C/C=C\C/C=C\CCCCCCC(O)C(=O)NC(COC1OC(CO)C(O)C(O)C1OC(=O)CCC/C=C\C/C=C\C/C=C\C/C=C\C/C=C\CC)C(O)/C=C/CCCCCCCCCCC. The van der Waals surface area contributed by atoms with Crippen molar-refractivity contribution in [2.24, 2.45) is 0 Å². The number of rotatable bonds is 48. The third-order valence-electron chi connectivity index (χ3n) is 13.0. The first-order chi connectivity index (χ1) is 37.7. The van der Waals surface area contributed by atoms with E-state index in [4.69, 9.17) is 14.2 Å². The fraction of sp³-hybridized carbons (Fsp3) is 0.636. The lowest BCUT2D eigenvalue weighted by Gasteiger charge is -2.41. The zero-order valence-corrected chi connectivity index (χ0v) is 48.0. The number of carbonyl (C=O) groups is 2. The van der Waals surface area contributed by atoms with Crippen molar-refractivity contribution in [3.05, 3.63) is 134 Å². The maximum Gasteiger partial charge on any atom is 0.306 e. The van der Waals surface area contributed by atoms with Gasteiger partial charge in [-0.15, -0.1) is 0 Å². The maximum atomic E-state index is 13.4. The quantitative estimate of drug-likeness (QED) is 0.0195. The van der Waals surface area contributed by atoms with Crippen LogP contribution >= 0.6 is 0 Å². The van der Waals surface area contributed by atoms with Gasteiger partial charge in [-0.25, -0.2) is 0 Å². The molecule has 6 N–H and O–H groups in total. The molecule has 0 radical (unpaired) electrons. The molecular formula is C66H107NO10. The molecule has 0 aromatic carbocycles. The summed E-state index contributed by atoms with van der Waals surface area (Å²) in [5, 5.41) is 56.9. The van der Waals surface area contributed by atoms with Crippen molar-refractivity contribution in [2.75, 3.05) is 13.2 Å². The number of carbonyl (C=O) groups excluding carboxylic acids is 2. The third kappa shape index (κ3) is 40.6. The summed E-state index contributed by atoms with van der Waals surface area (Å²) in [5.74, 6) is -1.29. The second-order valence-electron chi connectivity index (χ2n) is 20.0. The molecule has 1 aliphatic rings. The molecule has 1 aliphatic heterocycles. The molecule has 0 spiro atoms. The van der Waals surface area contributed by atoms with Gasteiger partial charge in [0.05, 0.1) is 25.4 Å². The van der Waals surface area contributed by atoms with Gasteiger partial charge >= 0.3 is 5.97 Å². The van der Waals surface area contributed by atoms with Crippen LogP contribution in [-0.2, 0) is 23.8 Å². The minimum Gasteiger partial charge on any atom is -0.454 e. The molecule has 0 saturated carbocycles. The molecule has 1 amide bonds. The monoisotopic (exact) mass is 1070 g/mol. The Morgan fingerprint density at radius 1 is 0.519 bits per heavy atom. The third-order valence-corrected chi connectivity index (χ3v) is 13.0. The predicted octanol–water partition coefficient (Wildman–Crippen LogP) is 14.1. The van der Waals surface area contributed by atoms with Crippen molar-refractivity contribution in [1.29, 1.82) is 0 Å². The van der Waals surface area contributed by atoms with Crippen LogP contribution in [0.5, 0.6) is 0 Å². The minimum atomic E-state index is -1.65. The van der Waals surface area contributed by atoms with Crippen LogP contribution < -0.4 is 5.32 Å². The summed E-state index contributed by atoms with van der Waals surface area (Å²) in [7, 11) is 0. The standard InChI is InChI=1S/C66H107NO10/c1-4-7-10-13-16-19-22-24-26-28-29-30-32-33-35-38-41-44-47-50-53-59(70)65(74)67-57(58(69)52-49-46-43-40-37-21-18-15-12-9-6-3)56-75-66-64(63(73)62(72)60(55-68)76-66)77-61(71)54-51-48-45-42-39-36-34-31-27-25-23-20-17-14-11-8-5-2/h7-8,10-11,16-17,19-20,24-27,29-30,33-36,42,45,49,52,57-60,62-64,66,68-70,72-73H,4-6,9,12-15,18,21-23,28,31-32,37-41,43-44,46-48,50-51,53-56H2,1-3H3,(H,67,74)/b10-7-,11-8-,19-16-,20-17-,26-24-,27-25-,30-29-,35-33-,36-34-,45-42-,52-49+. The molecule has 1 saturated heterocycles. The Labute approximate surface area is 467 Å². The van der Waals surface area contributed by atoms with E-state index in [2.05, 4.69) is 135 Å². The van der Waals surface area contributed by atoms with Crippen molar-refractivity contribution < 1.29 is 49.3 Å². The summed E-state index contributed by atoms with van der Waals surface area (Å²) in [4.78, 5) is 26.5. The molecular weight excluding hydrogens is 967 g/mol. The van der Waals surface area contributed by atoms with E-state index < -0.39 is 67.4 Å². The van der Waals surface area contributed by atoms with Crippen LogP contribution in [0.4, 0.5) is 0 Å². The molecule has 77 heavy (non-hydrogen) atoms. The molecule has 1 heterocycles. The smallest absolute Gasteiger partial charge is 0.306 e. The van der Waals surface area contributed by atoms with Gasteiger partial charge in [0.25, 0.3) is 0 Å². The zero-order valence-electron chi connectivity index (χ0n) is 48.0. The van der Waals surface area contributed by atoms with Gasteiger partial charge in [0.15, 0.2) is 12.4 Å². The van der Waals surface area contributed by atoms with Crippen LogP contribution in [0, 0.1) is 0 Å². The average molecular weight is 1070 g/mol. The Bertz CT molecular complexity index is 1760. The Morgan fingerprint density at radius 3 is 1.40 bits per heavy atom. The molecule has 11 heteroatoms. The summed E-state index contributed by atoms with van der Waals surface area (Å²) in [6.45, 7) is 5.48. The Balaban J connectivity index is 2.75. The normalized spacial score (nSPS) is 20.0. The molecule has 11 nitrogen and oxygen atoms in total. The fourth-order valence-corrected chi connectivity index (χ4v) is 8.36. The van der Waals surface area contributed by atoms with Gasteiger partial charge in [-0.1, -0.05) is 225 Å². The van der Waals surface area contributed by atoms with Crippen molar-refractivity contribution >= 4 is 11.9 Å². The summed E-state index contributed by atoms with van der Waals surface area (Å²) in [6.07, 6.45) is 63.5. The topological polar surface area (TPSA) is 175 Å². The van der Waals surface area contributed by atoms with E-state index in [1.165, 1.54) is 38.5 Å². The number of esters is 1. The van der Waals surface area contributed by atoms with Crippen molar-refractivity contribution in [1.82, 2.24) is 5.32 Å². The van der Waals surface area contributed by atoms with Gasteiger partial charge in [0, 0.05) is 6.42 Å². The first-order valence-corrected chi connectivity index (χ1v) is 30.0. The summed E-state index contributed by atoms with van der Waals surface area (Å²) in [6, 6.07) is -1.06. The van der Waals surface area contributed by atoms with Crippen molar-refractivity contribution in [3.8, 4) is 0 Å². The molecule has 1 rings (SSSR count). The van der Waals surface area contributed by atoms with Crippen molar-refractivity contribution in [3.63, 3.8) is 0 Å². The van der Waals surface area contributed by atoms with Crippen LogP contribution in [0.15, 0.2) is 134 Å². The second kappa shape index (κ2) is 52.5. The van der Waals surface area contributed by atoms with Crippen LogP contribution in [-0.4, -0.2) is 99.6 Å². The number of amides is 1. The number of allylic oxidation sites excluding steroid dienone is 21. The van der Waals surface area contributed by atoms with Crippen molar-refractivity contribution in [2.45, 2.75) is 256 Å². The molecule has 0 aromatic heterocycles. The number of ether oxygens (including phenoxy) is 3. The highest BCUT2D eigenvalue weighted by Gasteiger charge is 2.47. The van der Waals surface area contributed by atoms with E-state index in [9.17, 15) is 35.1 Å². The van der Waals surface area contributed by atoms with Crippen LogP contribution in [0.25, 0.3) is 0 Å². The largest absolute Gasteiger partial charge is 0.454 e. The number of hydrogen-bond acceptors (Lipinski definition) is 10. The molecule has 0 aliphatic carbocycles. The Hall–Kier alpha value is -4.20. The van der Waals surface area contributed by atoms with Gasteiger partial charge in [-0.3, -0.25) is 9.59 Å². The lowest BCUT2D eigenvalue weighted by molar-refractivity contribution is -0.305. The fourth-order valence-electron chi connectivity index (χ4n) is 8.36. The highest BCUT2D eigenvalue weighted by atomic mass is 16.7. The van der Waals surface area contributed by atoms with Gasteiger partial charge in [0.2, 0.25) is 5.91 Å². The van der Waals surface area contributed by atoms with Gasteiger partial charge in [-0.2, -0.15) is 0 Å². The van der Waals surface area contributed by atoms with Crippen LogP contribution in [0.2, 0.25) is 0 Å². The molecule has 8 unspecified atom stereocenters. The number of nitrogens with one attached hydrogen (secondary N) is 1. The molecule has 0 bridgehead atoms. The molecule has 1 fully saturated rings. The number of hydrogen-bond donors (Lipinski definition) is 6. The van der Waals surface area contributed by atoms with E-state index >= 15 is 0 Å². The van der Waals surface area contributed by atoms with E-state index in [1.54, 1.807) is 6.08 Å². The Morgan fingerprint density at radius 2 is 0.935 bits per heavy atom. The summed E-state index contributed by atoms with van der Waals surface area (Å²) < 4.78 is 17.5. The maximum absolute atomic E-state index is 13.4. The lowest BCUT2D eigenvalue weighted by Crippen LogP contribution is -2.61. The van der Waals surface area contributed by atoms with Crippen LogP contribution in [0.1, 0.15) is 207 Å². The first-order valence-electron chi connectivity index (χ1n) is 30.0. The minimum absolute atomic E-state index is 0.0348. The molecule has 436 valence electrons. The van der Waals surface area contributed by atoms with Crippen LogP contribution in [0.3, 0.4) is 0 Å². The number of unbranched alkanes of at least 4 members (excludes halogenated alkanes) is 14. The highest BCUT2D eigenvalue weighted by molar-refractivity contribution is 5.80. The summed E-state index contributed by atoms with van der Waals surface area (Å²) >= 11 is 0. The van der Waals surface area contributed by atoms with Gasteiger partial charge < -0.3 is 45.1 Å². The Kier molecular flexibility index (Phi) is 48.3. The first kappa shape index (κ1) is 70.8. The predicted molar refractivity (Wildman–Crippen MR) is 319 cm³/mol.